The van der Waals surface area contributed by atoms with Crippen LogP contribution < -0.4 is 9.47 Å². The van der Waals surface area contributed by atoms with Gasteiger partial charge in [-0.25, -0.2) is 0 Å². The summed E-state index contributed by atoms with van der Waals surface area (Å²) in [6.45, 7) is 3.94. The molecule has 0 saturated carbocycles. The van der Waals surface area contributed by atoms with Crippen LogP contribution in [-0.2, 0) is 4.79 Å². The highest BCUT2D eigenvalue weighted by atomic mass is 16.5. The van der Waals surface area contributed by atoms with Crippen molar-refractivity contribution in [2.45, 2.75) is 13.8 Å². The van der Waals surface area contributed by atoms with Crippen molar-refractivity contribution < 1.29 is 14.3 Å². The van der Waals surface area contributed by atoms with E-state index in [2.05, 4.69) is 0 Å². The lowest BCUT2D eigenvalue weighted by Crippen LogP contribution is -2.01. The number of aryl methyl sites for hydroxylation is 2. The molecule has 0 aromatic heterocycles. The number of ether oxygens (including phenoxy) is 2. The van der Waals surface area contributed by atoms with Gasteiger partial charge in [-0.1, -0.05) is 18.2 Å². The lowest BCUT2D eigenvalue weighted by molar-refractivity contribution is -0.109. The molecule has 0 fully saturated rings. The summed E-state index contributed by atoms with van der Waals surface area (Å²) >= 11 is 0. The molecule has 0 aliphatic rings. The van der Waals surface area contributed by atoms with Crippen LogP contribution in [0.2, 0.25) is 0 Å². The summed E-state index contributed by atoms with van der Waals surface area (Å²) in [5, 5.41) is 0. The van der Waals surface area contributed by atoms with Crippen LogP contribution in [0.4, 0.5) is 0 Å². The van der Waals surface area contributed by atoms with Gasteiger partial charge in [-0.3, -0.25) is 4.79 Å². The summed E-state index contributed by atoms with van der Waals surface area (Å²) in [4.78, 5) is 10.4. The first-order valence-electron chi connectivity index (χ1n) is 6.11. The van der Waals surface area contributed by atoms with Gasteiger partial charge in [0.15, 0.2) is 6.29 Å². The molecule has 0 radical (unpaired) electrons. The van der Waals surface area contributed by atoms with Crippen molar-refractivity contribution in [3.63, 3.8) is 0 Å². The van der Waals surface area contributed by atoms with Crippen LogP contribution in [-0.4, -0.2) is 12.9 Å². The third-order valence-electron chi connectivity index (χ3n) is 2.71. The molecule has 0 N–H and O–H groups in total. The highest BCUT2D eigenvalue weighted by Gasteiger charge is 2.07. The quantitative estimate of drug-likeness (QED) is 0.766. The van der Waals surface area contributed by atoms with E-state index in [1.54, 1.807) is 0 Å². The van der Waals surface area contributed by atoms with Crippen LogP contribution in [0.5, 0.6) is 17.2 Å². The standard InChI is InChI=1S/C16H16O3/c1-12-10-15(19-14-6-4-3-5-7-14)11-13(2)16(12)18-9-8-17/h3-8,10-11H,9H2,1-2H3. The number of para-hydroxylation sites is 1. The molecule has 0 heterocycles. The van der Waals surface area contributed by atoms with Gasteiger partial charge in [0.05, 0.1) is 0 Å². The Morgan fingerprint density at radius 3 is 2.21 bits per heavy atom. The van der Waals surface area contributed by atoms with Crippen molar-refractivity contribution in [3.05, 3.63) is 53.6 Å². The molecule has 19 heavy (non-hydrogen) atoms. The summed E-state index contributed by atoms with van der Waals surface area (Å²) < 4.78 is 11.2. The van der Waals surface area contributed by atoms with E-state index in [1.807, 2.05) is 56.3 Å². The molecule has 0 amide bonds. The zero-order valence-corrected chi connectivity index (χ0v) is 11.1. The number of rotatable bonds is 5. The maximum Gasteiger partial charge on any atom is 0.157 e. The van der Waals surface area contributed by atoms with E-state index in [0.29, 0.717) is 0 Å². The minimum absolute atomic E-state index is 0.0700. The SMILES string of the molecule is Cc1cc(Oc2ccccc2)cc(C)c1OCC=O. The van der Waals surface area contributed by atoms with E-state index >= 15 is 0 Å². The molecule has 0 saturated heterocycles. The zero-order valence-electron chi connectivity index (χ0n) is 11.1. The number of hydrogen-bond donors (Lipinski definition) is 0. The van der Waals surface area contributed by atoms with Crippen LogP contribution in [0, 0.1) is 13.8 Å². The third kappa shape index (κ3) is 3.35. The molecule has 3 heteroatoms. The van der Waals surface area contributed by atoms with Crippen molar-refractivity contribution >= 4 is 6.29 Å². The summed E-state index contributed by atoms with van der Waals surface area (Å²) in [7, 11) is 0. The summed E-state index contributed by atoms with van der Waals surface area (Å²) in [5.74, 6) is 2.30. The zero-order chi connectivity index (χ0) is 13.7. The van der Waals surface area contributed by atoms with Gasteiger partial charge in [-0.2, -0.15) is 0 Å². The molecule has 2 rings (SSSR count). The molecular formula is C16H16O3. The number of aldehydes is 1. The molecule has 0 spiro atoms. The van der Waals surface area contributed by atoms with Crippen LogP contribution in [0.15, 0.2) is 42.5 Å². The number of carbonyl (C=O) groups is 1. The largest absolute Gasteiger partial charge is 0.486 e. The van der Waals surface area contributed by atoms with Crippen molar-refractivity contribution in [2.75, 3.05) is 6.61 Å². The Labute approximate surface area is 112 Å². The van der Waals surface area contributed by atoms with E-state index in [0.717, 1.165) is 34.7 Å². The first kappa shape index (κ1) is 13.1. The van der Waals surface area contributed by atoms with Crippen LogP contribution in [0.1, 0.15) is 11.1 Å². The van der Waals surface area contributed by atoms with Gasteiger partial charge >= 0.3 is 0 Å². The normalized spacial score (nSPS) is 10.0. The highest BCUT2D eigenvalue weighted by molar-refractivity contribution is 5.53. The maximum atomic E-state index is 10.4. The van der Waals surface area contributed by atoms with E-state index < -0.39 is 0 Å². The monoisotopic (exact) mass is 256 g/mol. The van der Waals surface area contributed by atoms with Crippen LogP contribution >= 0.6 is 0 Å². The minimum atomic E-state index is 0.0700. The predicted octanol–water partition coefficient (Wildman–Crippen LogP) is 3.67. The lowest BCUT2D eigenvalue weighted by atomic mass is 10.1. The first-order valence-corrected chi connectivity index (χ1v) is 6.11. The van der Waals surface area contributed by atoms with E-state index in [-0.39, 0.29) is 6.61 Å². The molecule has 0 aliphatic heterocycles. The Morgan fingerprint density at radius 1 is 1.00 bits per heavy atom. The van der Waals surface area contributed by atoms with Gasteiger partial charge in [0, 0.05) is 0 Å². The van der Waals surface area contributed by atoms with Crippen molar-refractivity contribution in [1.29, 1.82) is 0 Å². The Kier molecular flexibility index (Phi) is 4.18. The highest BCUT2D eigenvalue weighted by Crippen LogP contribution is 2.30. The number of hydrogen-bond acceptors (Lipinski definition) is 3. The Morgan fingerprint density at radius 2 is 1.63 bits per heavy atom. The fourth-order valence-electron chi connectivity index (χ4n) is 1.94. The second kappa shape index (κ2) is 6.05. The van der Waals surface area contributed by atoms with Gasteiger partial charge in [0.1, 0.15) is 23.9 Å². The van der Waals surface area contributed by atoms with Gasteiger partial charge < -0.3 is 9.47 Å². The minimum Gasteiger partial charge on any atom is -0.486 e. The number of carbonyl (C=O) groups excluding carboxylic acids is 1. The Balaban J connectivity index is 2.22. The fourth-order valence-corrected chi connectivity index (χ4v) is 1.94. The van der Waals surface area contributed by atoms with Crippen LogP contribution in [0.3, 0.4) is 0 Å². The summed E-state index contributed by atoms with van der Waals surface area (Å²) in [6, 6.07) is 13.4. The van der Waals surface area contributed by atoms with Crippen molar-refractivity contribution in [2.24, 2.45) is 0 Å². The second-order valence-corrected chi connectivity index (χ2v) is 4.28. The van der Waals surface area contributed by atoms with Crippen LogP contribution in [0.25, 0.3) is 0 Å². The molecular weight excluding hydrogens is 240 g/mol. The molecule has 2 aromatic rings. The summed E-state index contributed by atoms with van der Waals surface area (Å²) in [6.07, 6.45) is 0.743. The average molecular weight is 256 g/mol. The molecule has 3 nitrogen and oxygen atoms in total. The topological polar surface area (TPSA) is 35.5 Å². The average Bonchev–Trinajstić information content (AvgIpc) is 2.39. The van der Waals surface area contributed by atoms with Crippen molar-refractivity contribution in [3.8, 4) is 17.2 Å². The molecule has 0 bridgehead atoms. The van der Waals surface area contributed by atoms with Gasteiger partial charge in [-0.05, 0) is 49.2 Å². The van der Waals surface area contributed by atoms with Gasteiger partial charge in [-0.15, -0.1) is 0 Å². The summed E-state index contributed by atoms with van der Waals surface area (Å²) in [5.41, 5.74) is 1.90. The molecule has 0 atom stereocenters. The molecule has 0 unspecified atom stereocenters. The Hall–Kier alpha value is -2.29. The maximum absolute atomic E-state index is 10.4. The van der Waals surface area contributed by atoms with E-state index in [9.17, 15) is 4.79 Å². The van der Waals surface area contributed by atoms with Gasteiger partial charge in [0.25, 0.3) is 0 Å². The third-order valence-corrected chi connectivity index (χ3v) is 2.71. The second-order valence-electron chi connectivity index (χ2n) is 4.28. The predicted molar refractivity (Wildman–Crippen MR) is 74.0 cm³/mol. The Bertz CT molecular complexity index is 538. The van der Waals surface area contributed by atoms with Crippen molar-refractivity contribution in [1.82, 2.24) is 0 Å². The molecule has 2 aromatic carbocycles. The van der Waals surface area contributed by atoms with Gasteiger partial charge in [0.2, 0.25) is 0 Å². The first-order chi connectivity index (χ1) is 9.20. The molecule has 98 valence electrons. The fraction of sp³-hybridized carbons (Fsp3) is 0.188. The number of benzene rings is 2. The smallest absolute Gasteiger partial charge is 0.157 e. The van der Waals surface area contributed by atoms with E-state index in [4.69, 9.17) is 9.47 Å². The van der Waals surface area contributed by atoms with E-state index in [1.165, 1.54) is 0 Å². The lowest BCUT2D eigenvalue weighted by Gasteiger charge is -2.13. The molecule has 0 aliphatic carbocycles.